The summed E-state index contributed by atoms with van der Waals surface area (Å²) < 4.78 is 38.8. The van der Waals surface area contributed by atoms with Gasteiger partial charge in [0.25, 0.3) is 0 Å². The highest BCUT2D eigenvalue weighted by Crippen LogP contribution is 2.30. The van der Waals surface area contributed by atoms with Gasteiger partial charge in [-0.1, -0.05) is 11.6 Å². The van der Waals surface area contributed by atoms with E-state index in [1.165, 1.54) is 10.7 Å². The minimum atomic E-state index is -4.60. The first-order valence-corrected chi connectivity index (χ1v) is 5.87. The van der Waals surface area contributed by atoms with Crippen LogP contribution in [-0.4, -0.2) is 20.5 Å². The Morgan fingerprint density at radius 3 is 2.45 bits per heavy atom. The molecule has 106 valence electrons. The Morgan fingerprint density at radius 2 is 2.00 bits per heavy atom. The summed E-state index contributed by atoms with van der Waals surface area (Å²) in [5, 5.41) is 3.51. The van der Waals surface area contributed by atoms with Crippen molar-refractivity contribution in [3.63, 3.8) is 0 Å². The molecule has 2 rings (SSSR count). The lowest BCUT2D eigenvalue weighted by Gasteiger charge is -2.08. The predicted molar refractivity (Wildman–Crippen MR) is 65.6 cm³/mol. The van der Waals surface area contributed by atoms with Crippen molar-refractivity contribution in [1.82, 2.24) is 14.8 Å². The van der Waals surface area contributed by atoms with Gasteiger partial charge in [-0.25, -0.2) is 4.98 Å². The van der Waals surface area contributed by atoms with Gasteiger partial charge in [0.15, 0.2) is 0 Å². The fourth-order valence-electron chi connectivity index (χ4n) is 1.72. The van der Waals surface area contributed by atoms with E-state index in [0.29, 0.717) is 5.69 Å². The number of hydrogen-bond donors (Lipinski definition) is 0. The van der Waals surface area contributed by atoms with Gasteiger partial charge in [-0.05, 0) is 25.1 Å². The van der Waals surface area contributed by atoms with Crippen molar-refractivity contribution in [2.45, 2.75) is 13.1 Å². The number of rotatable bonds is 2. The first-order valence-electron chi connectivity index (χ1n) is 5.49. The summed E-state index contributed by atoms with van der Waals surface area (Å²) in [4.78, 5) is 15.4. The standard InChI is InChI=1S/C12H9ClF3N3O/c1-6-5-8(19(2)18-6)10(20)7-3-4-9(12(14,15)16)17-11(7)13/h3-5H,1-2H3. The highest BCUT2D eigenvalue weighted by molar-refractivity contribution is 6.33. The van der Waals surface area contributed by atoms with Crippen LogP contribution in [0.2, 0.25) is 5.15 Å². The van der Waals surface area contributed by atoms with Crippen molar-refractivity contribution in [3.05, 3.63) is 46.0 Å². The quantitative estimate of drug-likeness (QED) is 0.633. The number of hydrogen-bond acceptors (Lipinski definition) is 3. The first-order chi connectivity index (χ1) is 9.20. The Bertz CT molecular complexity index is 679. The number of ketones is 1. The number of nitrogens with zero attached hydrogens (tertiary/aromatic N) is 3. The Balaban J connectivity index is 2.44. The van der Waals surface area contributed by atoms with Gasteiger partial charge in [-0.15, -0.1) is 0 Å². The molecular formula is C12H9ClF3N3O. The molecule has 0 aromatic carbocycles. The molecular weight excluding hydrogens is 295 g/mol. The number of aromatic nitrogens is 3. The third-order valence-corrected chi connectivity index (χ3v) is 2.91. The van der Waals surface area contributed by atoms with Gasteiger partial charge in [0.1, 0.15) is 16.5 Å². The molecule has 0 saturated carbocycles. The zero-order valence-corrected chi connectivity index (χ0v) is 11.2. The van der Waals surface area contributed by atoms with E-state index in [4.69, 9.17) is 11.6 Å². The number of pyridine rings is 1. The summed E-state index contributed by atoms with van der Waals surface area (Å²) >= 11 is 5.68. The molecule has 2 aromatic heterocycles. The highest BCUT2D eigenvalue weighted by Gasteiger charge is 2.33. The van der Waals surface area contributed by atoms with E-state index < -0.39 is 22.8 Å². The molecule has 0 fully saturated rings. The highest BCUT2D eigenvalue weighted by atomic mass is 35.5. The van der Waals surface area contributed by atoms with Crippen LogP contribution in [0.5, 0.6) is 0 Å². The zero-order chi connectivity index (χ0) is 15.1. The predicted octanol–water partition coefficient (Wildman–Crippen LogP) is 3.03. The molecule has 0 N–H and O–H groups in total. The summed E-state index contributed by atoms with van der Waals surface area (Å²) in [6.45, 7) is 1.70. The molecule has 0 atom stereocenters. The molecule has 0 aliphatic carbocycles. The van der Waals surface area contributed by atoms with Crippen LogP contribution in [0.1, 0.15) is 27.4 Å². The lowest BCUT2D eigenvalue weighted by atomic mass is 10.1. The Labute approximate surface area is 117 Å². The van der Waals surface area contributed by atoms with Gasteiger partial charge < -0.3 is 0 Å². The van der Waals surface area contributed by atoms with Crippen molar-refractivity contribution in [1.29, 1.82) is 0 Å². The Hall–Kier alpha value is -1.89. The SMILES string of the molecule is Cc1cc(C(=O)c2ccc(C(F)(F)F)nc2Cl)n(C)n1. The number of carbonyl (C=O) groups is 1. The topological polar surface area (TPSA) is 47.8 Å². The van der Waals surface area contributed by atoms with Crippen molar-refractivity contribution < 1.29 is 18.0 Å². The van der Waals surface area contributed by atoms with Crippen LogP contribution in [0.4, 0.5) is 13.2 Å². The van der Waals surface area contributed by atoms with Crippen LogP contribution >= 0.6 is 11.6 Å². The number of alkyl halides is 3. The number of halogens is 4. The summed E-state index contributed by atoms with van der Waals surface area (Å²) in [7, 11) is 1.56. The number of aryl methyl sites for hydroxylation is 2. The molecule has 0 bridgehead atoms. The molecule has 2 heterocycles. The van der Waals surface area contributed by atoms with Crippen molar-refractivity contribution in [2.75, 3.05) is 0 Å². The molecule has 0 radical (unpaired) electrons. The second-order valence-electron chi connectivity index (χ2n) is 4.16. The van der Waals surface area contributed by atoms with Crippen molar-refractivity contribution >= 4 is 17.4 Å². The van der Waals surface area contributed by atoms with E-state index in [1.54, 1.807) is 14.0 Å². The fraction of sp³-hybridized carbons (Fsp3) is 0.250. The minimum Gasteiger partial charge on any atom is -0.287 e. The van der Waals surface area contributed by atoms with E-state index in [9.17, 15) is 18.0 Å². The van der Waals surface area contributed by atoms with Crippen LogP contribution in [0.25, 0.3) is 0 Å². The van der Waals surface area contributed by atoms with E-state index in [0.717, 1.165) is 12.1 Å². The maximum absolute atomic E-state index is 12.5. The lowest BCUT2D eigenvalue weighted by molar-refractivity contribution is -0.141. The molecule has 0 amide bonds. The molecule has 2 aromatic rings. The van der Waals surface area contributed by atoms with E-state index >= 15 is 0 Å². The summed E-state index contributed by atoms with van der Waals surface area (Å²) in [5.74, 6) is -0.528. The van der Waals surface area contributed by atoms with Gasteiger partial charge in [0, 0.05) is 7.05 Å². The molecule has 20 heavy (non-hydrogen) atoms. The molecule has 4 nitrogen and oxygen atoms in total. The normalized spacial score (nSPS) is 11.7. The Morgan fingerprint density at radius 1 is 1.35 bits per heavy atom. The summed E-state index contributed by atoms with van der Waals surface area (Å²) in [6, 6.07) is 3.27. The van der Waals surface area contributed by atoms with Gasteiger partial charge in [0.2, 0.25) is 5.78 Å². The third kappa shape index (κ3) is 2.67. The maximum Gasteiger partial charge on any atom is 0.433 e. The fourth-order valence-corrected chi connectivity index (χ4v) is 1.96. The first kappa shape index (κ1) is 14.5. The average Bonchev–Trinajstić information content (AvgIpc) is 2.66. The molecule has 0 spiro atoms. The van der Waals surface area contributed by atoms with Gasteiger partial charge in [0.05, 0.1) is 11.3 Å². The molecule has 8 heteroatoms. The van der Waals surface area contributed by atoms with Crippen LogP contribution in [0.15, 0.2) is 18.2 Å². The molecule has 0 unspecified atom stereocenters. The smallest absolute Gasteiger partial charge is 0.287 e. The molecule has 0 aliphatic heterocycles. The van der Waals surface area contributed by atoms with E-state index in [1.807, 2.05) is 0 Å². The van der Waals surface area contributed by atoms with Crippen LogP contribution in [-0.2, 0) is 13.2 Å². The largest absolute Gasteiger partial charge is 0.433 e. The van der Waals surface area contributed by atoms with E-state index in [2.05, 4.69) is 10.1 Å². The molecule has 0 aliphatic rings. The van der Waals surface area contributed by atoms with Crippen LogP contribution < -0.4 is 0 Å². The third-order valence-electron chi connectivity index (χ3n) is 2.62. The monoisotopic (exact) mass is 303 g/mol. The second kappa shape index (κ2) is 4.90. The summed E-state index contributed by atoms with van der Waals surface area (Å²) in [5.41, 5.74) is -0.388. The summed E-state index contributed by atoms with van der Waals surface area (Å²) in [6.07, 6.45) is -4.60. The lowest BCUT2D eigenvalue weighted by Crippen LogP contribution is -2.12. The average molecular weight is 304 g/mol. The maximum atomic E-state index is 12.5. The molecule has 0 saturated heterocycles. The second-order valence-corrected chi connectivity index (χ2v) is 4.51. The van der Waals surface area contributed by atoms with Crippen molar-refractivity contribution in [2.24, 2.45) is 7.05 Å². The van der Waals surface area contributed by atoms with Crippen LogP contribution in [0.3, 0.4) is 0 Å². The zero-order valence-electron chi connectivity index (χ0n) is 10.5. The minimum absolute atomic E-state index is 0.0948. The van der Waals surface area contributed by atoms with Crippen molar-refractivity contribution in [3.8, 4) is 0 Å². The van der Waals surface area contributed by atoms with Gasteiger partial charge >= 0.3 is 6.18 Å². The van der Waals surface area contributed by atoms with Crippen LogP contribution in [0, 0.1) is 6.92 Å². The Kier molecular flexibility index (Phi) is 3.56. The number of carbonyl (C=O) groups excluding carboxylic acids is 1. The van der Waals surface area contributed by atoms with Gasteiger partial charge in [-0.2, -0.15) is 18.3 Å². The van der Waals surface area contributed by atoms with Gasteiger partial charge in [-0.3, -0.25) is 9.48 Å². The van der Waals surface area contributed by atoms with E-state index in [-0.39, 0.29) is 11.3 Å².